The van der Waals surface area contributed by atoms with Crippen molar-refractivity contribution in [2.75, 3.05) is 59.5 Å². The predicted molar refractivity (Wildman–Crippen MR) is 86.8 cm³/mol. The highest BCUT2D eigenvalue weighted by atomic mass is 16.5. The molecular formula is C17H30NO5+. The largest absolute Gasteiger partial charge is 0.485 e. The summed E-state index contributed by atoms with van der Waals surface area (Å²) in [5.74, 6) is 0.829. The maximum Gasteiger partial charge on any atom is 0.211 e. The molecule has 0 unspecified atom stereocenters. The van der Waals surface area contributed by atoms with Crippen LogP contribution in [0.25, 0.3) is 0 Å². The fourth-order valence-corrected chi connectivity index (χ4v) is 1.84. The molecule has 0 N–H and O–H groups in total. The molecule has 0 radical (unpaired) electrons. The van der Waals surface area contributed by atoms with Crippen molar-refractivity contribution >= 4 is 0 Å². The Bertz CT molecular complexity index is 389. The third kappa shape index (κ3) is 11.0. The molecule has 0 bridgehead atoms. The fraction of sp³-hybridized carbons (Fsp3) is 0.706. The van der Waals surface area contributed by atoms with Gasteiger partial charge in [0.1, 0.15) is 13.2 Å². The number of rotatable bonds is 15. The Kier molecular flexibility index (Phi) is 12.4. The molecule has 1 aromatic heterocycles. The van der Waals surface area contributed by atoms with E-state index in [1.165, 1.54) is 0 Å². The van der Waals surface area contributed by atoms with E-state index in [1.807, 2.05) is 42.9 Å². The molecule has 1 aromatic rings. The van der Waals surface area contributed by atoms with Gasteiger partial charge in [-0.25, -0.2) is 0 Å². The lowest BCUT2D eigenvalue weighted by atomic mass is 10.4. The van der Waals surface area contributed by atoms with Gasteiger partial charge in [0.25, 0.3) is 0 Å². The molecule has 23 heavy (non-hydrogen) atoms. The zero-order chi connectivity index (χ0) is 16.6. The van der Waals surface area contributed by atoms with Crippen LogP contribution in [-0.2, 0) is 25.5 Å². The maximum atomic E-state index is 5.67. The first-order chi connectivity index (χ1) is 11.4. The molecule has 0 aliphatic heterocycles. The molecule has 1 rings (SSSR count). The summed E-state index contributed by atoms with van der Waals surface area (Å²) in [5.41, 5.74) is 0. The van der Waals surface area contributed by atoms with Crippen LogP contribution in [0, 0.1) is 0 Å². The summed E-state index contributed by atoms with van der Waals surface area (Å²) in [6.07, 6.45) is 3.96. The summed E-state index contributed by atoms with van der Waals surface area (Å²) in [6.45, 7) is 10.4. The minimum Gasteiger partial charge on any atom is -0.485 e. The Morgan fingerprint density at radius 2 is 1.39 bits per heavy atom. The van der Waals surface area contributed by atoms with Crippen LogP contribution in [0.2, 0.25) is 0 Å². The number of pyridine rings is 1. The second-order valence-corrected chi connectivity index (χ2v) is 4.74. The van der Waals surface area contributed by atoms with E-state index in [0.717, 1.165) is 25.5 Å². The highest BCUT2D eigenvalue weighted by Gasteiger charge is 2.03. The molecule has 0 aliphatic carbocycles. The number of hydrogen-bond acceptors (Lipinski definition) is 5. The summed E-state index contributed by atoms with van der Waals surface area (Å²) in [6, 6.07) is 3.90. The number of hydrogen-bond donors (Lipinski definition) is 0. The molecule has 6 nitrogen and oxygen atoms in total. The van der Waals surface area contributed by atoms with Crippen molar-refractivity contribution in [2.45, 2.75) is 20.4 Å². The SMILES string of the molecule is CCOCCOCCOc1ccc[n+](CCOCCOCC)c1. The summed E-state index contributed by atoms with van der Waals surface area (Å²) in [5, 5.41) is 0. The monoisotopic (exact) mass is 328 g/mol. The average molecular weight is 328 g/mol. The van der Waals surface area contributed by atoms with Gasteiger partial charge in [0, 0.05) is 19.3 Å². The Labute approximate surface area is 139 Å². The lowest BCUT2D eigenvalue weighted by molar-refractivity contribution is -0.698. The topological polar surface area (TPSA) is 50.0 Å². The summed E-state index contributed by atoms with van der Waals surface area (Å²) >= 11 is 0. The number of ether oxygens (including phenoxy) is 5. The molecule has 1 heterocycles. The molecule has 0 amide bonds. The van der Waals surface area contributed by atoms with Crippen LogP contribution in [0.3, 0.4) is 0 Å². The van der Waals surface area contributed by atoms with Gasteiger partial charge in [0.2, 0.25) is 6.20 Å². The summed E-state index contributed by atoms with van der Waals surface area (Å²) in [7, 11) is 0. The van der Waals surface area contributed by atoms with Crippen molar-refractivity contribution in [3.8, 4) is 5.75 Å². The van der Waals surface area contributed by atoms with Gasteiger partial charge in [-0.1, -0.05) is 0 Å². The first-order valence-corrected chi connectivity index (χ1v) is 8.29. The van der Waals surface area contributed by atoms with Crippen molar-refractivity contribution in [3.05, 3.63) is 24.5 Å². The van der Waals surface area contributed by atoms with Crippen LogP contribution in [0.1, 0.15) is 13.8 Å². The third-order valence-corrected chi connectivity index (χ3v) is 2.97. The molecule has 0 aliphatic rings. The standard InChI is InChI=1S/C17H30NO5/c1-3-19-10-12-21-9-8-18-7-5-6-17(16-18)23-15-14-22-13-11-20-4-2/h5-7,16H,3-4,8-15H2,1-2H3/q+1. The summed E-state index contributed by atoms with van der Waals surface area (Å²) < 4.78 is 29.0. The predicted octanol–water partition coefficient (Wildman–Crippen LogP) is 1.46. The lowest BCUT2D eigenvalue weighted by Gasteiger charge is -2.07. The molecule has 132 valence electrons. The quantitative estimate of drug-likeness (QED) is 0.360. The first kappa shape index (κ1) is 19.8. The van der Waals surface area contributed by atoms with Gasteiger partial charge >= 0.3 is 0 Å². The minimum atomic E-state index is 0.529. The van der Waals surface area contributed by atoms with Crippen molar-refractivity contribution in [1.82, 2.24) is 0 Å². The second kappa shape index (κ2) is 14.4. The Morgan fingerprint density at radius 1 is 0.783 bits per heavy atom. The van der Waals surface area contributed by atoms with Gasteiger partial charge in [0.15, 0.2) is 18.5 Å². The highest BCUT2D eigenvalue weighted by molar-refractivity contribution is 5.12. The average Bonchev–Trinajstić information content (AvgIpc) is 2.57. The van der Waals surface area contributed by atoms with E-state index in [-0.39, 0.29) is 0 Å². The third-order valence-electron chi connectivity index (χ3n) is 2.97. The Morgan fingerprint density at radius 3 is 2.09 bits per heavy atom. The van der Waals surface area contributed by atoms with Gasteiger partial charge in [-0.05, 0) is 19.9 Å². The van der Waals surface area contributed by atoms with E-state index >= 15 is 0 Å². The smallest absolute Gasteiger partial charge is 0.211 e. The van der Waals surface area contributed by atoms with E-state index in [1.54, 1.807) is 0 Å². The summed E-state index contributed by atoms with van der Waals surface area (Å²) in [4.78, 5) is 0. The van der Waals surface area contributed by atoms with E-state index in [2.05, 4.69) is 0 Å². The van der Waals surface area contributed by atoms with Crippen LogP contribution in [0.15, 0.2) is 24.5 Å². The minimum absolute atomic E-state index is 0.529. The van der Waals surface area contributed by atoms with Gasteiger partial charge in [-0.2, -0.15) is 4.57 Å². The van der Waals surface area contributed by atoms with Crippen LogP contribution < -0.4 is 9.30 Å². The normalized spacial score (nSPS) is 10.9. The first-order valence-electron chi connectivity index (χ1n) is 8.29. The molecule has 0 atom stereocenters. The van der Waals surface area contributed by atoms with E-state index in [4.69, 9.17) is 23.7 Å². The van der Waals surface area contributed by atoms with E-state index in [0.29, 0.717) is 46.2 Å². The van der Waals surface area contributed by atoms with Crippen LogP contribution in [0.5, 0.6) is 5.75 Å². The van der Waals surface area contributed by atoms with Gasteiger partial charge in [-0.15, -0.1) is 0 Å². The fourth-order valence-electron chi connectivity index (χ4n) is 1.84. The molecule has 0 fully saturated rings. The molecule has 0 saturated carbocycles. The zero-order valence-corrected chi connectivity index (χ0v) is 14.4. The van der Waals surface area contributed by atoms with Crippen molar-refractivity contribution in [1.29, 1.82) is 0 Å². The van der Waals surface area contributed by atoms with Gasteiger partial charge in [0.05, 0.1) is 33.0 Å². The second-order valence-electron chi connectivity index (χ2n) is 4.74. The van der Waals surface area contributed by atoms with Crippen LogP contribution in [0.4, 0.5) is 0 Å². The molecule has 0 aromatic carbocycles. The van der Waals surface area contributed by atoms with E-state index in [9.17, 15) is 0 Å². The van der Waals surface area contributed by atoms with Gasteiger partial charge in [-0.3, -0.25) is 0 Å². The zero-order valence-electron chi connectivity index (χ0n) is 14.4. The number of aromatic nitrogens is 1. The molecule has 0 saturated heterocycles. The molecule has 0 spiro atoms. The highest BCUT2D eigenvalue weighted by Crippen LogP contribution is 2.04. The Hall–Kier alpha value is -1.21. The molecule has 6 heteroatoms. The molecular weight excluding hydrogens is 298 g/mol. The number of nitrogens with zero attached hydrogens (tertiary/aromatic N) is 1. The Balaban J connectivity index is 2.10. The van der Waals surface area contributed by atoms with Crippen molar-refractivity contribution in [2.24, 2.45) is 0 Å². The van der Waals surface area contributed by atoms with Crippen molar-refractivity contribution < 1.29 is 28.3 Å². The van der Waals surface area contributed by atoms with Crippen LogP contribution >= 0.6 is 0 Å². The lowest BCUT2D eigenvalue weighted by Crippen LogP contribution is -2.35. The maximum absolute atomic E-state index is 5.67. The van der Waals surface area contributed by atoms with Gasteiger partial charge < -0.3 is 23.7 Å². The van der Waals surface area contributed by atoms with Crippen molar-refractivity contribution in [3.63, 3.8) is 0 Å². The van der Waals surface area contributed by atoms with E-state index < -0.39 is 0 Å². The van der Waals surface area contributed by atoms with Crippen LogP contribution in [-0.4, -0.2) is 59.5 Å².